The van der Waals surface area contributed by atoms with E-state index in [1.807, 2.05) is 16.1 Å². The molecule has 0 fully saturated rings. The summed E-state index contributed by atoms with van der Waals surface area (Å²) in [6, 6.07) is 6.20. The first kappa shape index (κ1) is 11.8. The largest absolute Gasteiger partial charge is 0.247 e. The van der Waals surface area contributed by atoms with E-state index >= 15 is 0 Å². The van der Waals surface area contributed by atoms with Crippen LogP contribution in [0.3, 0.4) is 0 Å². The third kappa shape index (κ3) is 2.71. The zero-order chi connectivity index (χ0) is 12.3. The van der Waals surface area contributed by atoms with E-state index in [2.05, 4.69) is 36.3 Å². The lowest BCUT2D eigenvalue weighted by atomic mass is 10.2. The first-order chi connectivity index (χ1) is 8.20. The third-order valence-electron chi connectivity index (χ3n) is 2.40. The molecule has 0 aliphatic heterocycles. The van der Waals surface area contributed by atoms with Crippen LogP contribution in [0.15, 0.2) is 17.5 Å². The summed E-state index contributed by atoms with van der Waals surface area (Å²) in [4.78, 5) is 1.23. The van der Waals surface area contributed by atoms with Gasteiger partial charge in [-0.2, -0.15) is 5.26 Å². The Balaban J connectivity index is 2.29. The fourth-order valence-electron chi connectivity index (χ4n) is 1.67. The fourth-order valence-corrected chi connectivity index (χ4v) is 2.37. The Hall–Kier alpha value is -1.67. The summed E-state index contributed by atoms with van der Waals surface area (Å²) >= 11 is 1.69. The van der Waals surface area contributed by atoms with Gasteiger partial charge in [-0.05, 0) is 17.4 Å². The number of aromatic nitrogens is 3. The summed E-state index contributed by atoms with van der Waals surface area (Å²) in [5, 5.41) is 19.1. The molecule has 2 heterocycles. The number of thiophene rings is 1. The summed E-state index contributed by atoms with van der Waals surface area (Å²) in [6.07, 6.45) is 0.736. The highest BCUT2D eigenvalue weighted by Gasteiger charge is 2.14. The fraction of sp³-hybridized carbons (Fsp3) is 0.417. The van der Waals surface area contributed by atoms with E-state index in [0.717, 1.165) is 18.7 Å². The molecule has 0 amide bonds. The van der Waals surface area contributed by atoms with Gasteiger partial charge in [0.25, 0.3) is 0 Å². The standard InChI is InChI=1S/C12H14N4S/c1-9(2)8-16-12(11(7-13)14-15-16)6-10-4-3-5-17-10/h3-5,9H,6,8H2,1-2H3. The lowest BCUT2D eigenvalue weighted by Crippen LogP contribution is -2.10. The van der Waals surface area contributed by atoms with Crippen LogP contribution >= 0.6 is 11.3 Å². The summed E-state index contributed by atoms with van der Waals surface area (Å²) in [6.45, 7) is 5.06. The van der Waals surface area contributed by atoms with Crippen molar-refractivity contribution in [3.63, 3.8) is 0 Å². The minimum Gasteiger partial charge on any atom is -0.247 e. The van der Waals surface area contributed by atoms with Gasteiger partial charge >= 0.3 is 0 Å². The van der Waals surface area contributed by atoms with E-state index in [0.29, 0.717) is 11.6 Å². The maximum atomic E-state index is 9.03. The minimum atomic E-state index is 0.444. The quantitative estimate of drug-likeness (QED) is 0.832. The Kier molecular flexibility index (Phi) is 3.55. The van der Waals surface area contributed by atoms with Gasteiger partial charge in [0.2, 0.25) is 0 Å². The SMILES string of the molecule is CC(C)Cn1nnc(C#N)c1Cc1cccs1. The second-order valence-electron chi connectivity index (χ2n) is 4.33. The molecule has 17 heavy (non-hydrogen) atoms. The number of hydrogen-bond acceptors (Lipinski definition) is 4. The first-order valence-electron chi connectivity index (χ1n) is 5.55. The van der Waals surface area contributed by atoms with Crippen LogP contribution in [0.25, 0.3) is 0 Å². The van der Waals surface area contributed by atoms with Gasteiger partial charge in [-0.15, -0.1) is 16.4 Å². The Bertz CT molecular complexity index is 519. The van der Waals surface area contributed by atoms with Crippen LogP contribution in [0.4, 0.5) is 0 Å². The van der Waals surface area contributed by atoms with Gasteiger partial charge in [0.15, 0.2) is 5.69 Å². The van der Waals surface area contributed by atoms with E-state index in [9.17, 15) is 0 Å². The molecule has 2 rings (SSSR count). The van der Waals surface area contributed by atoms with Gasteiger partial charge in [-0.1, -0.05) is 25.1 Å². The Morgan fingerprint density at radius 2 is 2.35 bits per heavy atom. The molecule has 0 aliphatic carbocycles. The normalized spacial score (nSPS) is 10.7. The van der Waals surface area contributed by atoms with Crippen LogP contribution < -0.4 is 0 Å². The van der Waals surface area contributed by atoms with Crippen molar-refractivity contribution in [3.8, 4) is 6.07 Å². The number of nitrogens with zero attached hydrogens (tertiary/aromatic N) is 4. The second kappa shape index (κ2) is 5.11. The van der Waals surface area contributed by atoms with Crippen molar-refractivity contribution < 1.29 is 0 Å². The summed E-state index contributed by atoms with van der Waals surface area (Å²) in [5.74, 6) is 0.491. The van der Waals surface area contributed by atoms with E-state index in [-0.39, 0.29) is 0 Å². The van der Waals surface area contributed by atoms with Gasteiger partial charge in [-0.3, -0.25) is 0 Å². The molecular formula is C12H14N4S. The molecule has 0 saturated carbocycles. The van der Waals surface area contributed by atoms with E-state index < -0.39 is 0 Å². The topological polar surface area (TPSA) is 54.5 Å². The van der Waals surface area contributed by atoms with Gasteiger partial charge < -0.3 is 0 Å². The Labute approximate surface area is 105 Å². The molecule has 0 bridgehead atoms. The number of rotatable bonds is 4. The molecule has 0 aliphatic rings. The maximum Gasteiger partial charge on any atom is 0.186 e. The molecule has 0 aromatic carbocycles. The van der Waals surface area contributed by atoms with Gasteiger partial charge in [0.1, 0.15) is 6.07 Å². The highest BCUT2D eigenvalue weighted by Crippen LogP contribution is 2.17. The van der Waals surface area contributed by atoms with Crippen LogP contribution in [0.2, 0.25) is 0 Å². The van der Waals surface area contributed by atoms with E-state index in [1.165, 1.54) is 4.88 Å². The average molecular weight is 246 g/mol. The maximum absolute atomic E-state index is 9.03. The first-order valence-corrected chi connectivity index (χ1v) is 6.43. The van der Waals surface area contributed by atoms with Crippen molar-refractivity contribution in [3.05, 3.63) is 33.8 Å². The molecule has 5 heteroatoms. The summed E-state index contributed by atoms with van der Waals surface area (Å²) in [7, 11) is 0. The second-order valence-corrected chi connectivity index (χ2v) is 5.36. The van der Waals surface area contributed by atoms with Crippen molar-refractivity contribution in [2.45, 2.75) is 26.8 Å². The lowest BCUT2D eigenvalue weighted by molar-refractivity contribution is 0.461. The molecule has 0 atom stereocenters. The van der Waals surface area contributed by atoms with Crippen molar-refractivity contribution >= 4 is 11.3 Å². The predicted molar refractivity (Wildman–Crippen MR) is 66.7 cm³/mol. The molecule has 0 unspecified atom stereocenters. The van der Waals surface area contributed by atoms with Gasteiger partial charge in [-0.25, -0.2) is 4.68 Å². The molecule has 0 spiro atoms. The van der Waals surface area contributed by atoms with E-state index in [4.69, 9.17) is 5.26 Å². The zero-order valence-corrected chi connectivity index (χ0v) is 10.7. The molecule has 88 valence electrons. The van der Waals surface area contributed by atoms with Crippen LogP contribution in [-0.2, 0) is 13.0 Å². The number of nitriles is 1. The molecule has 0 radical (unpaired) electrons. The molecule has 4 nitrogen and oxygen atoms in total. The molecule has 2 aromatic rings. The highest BCUT2D eigenvalue weighted by molar-refractivity contribution is 7.09. The molecule has 0 N–H and O–H groups in total. The van der Waals surface area contributed by atoms with Crippen molar-refractivity contribution in [1.82, 2.24) is 15.0 Å². The van der Waals surface area contributed by atoms with Crippen LogP contribution in [0, 0.1) is 17.2 Å². The van der Waals surface area contributed by atoms with Crippen LogP contribution in [0.5, 0.6) is 0 Å². The molecular weight excluding hydrogens is 232 g/mol. The van der Waals surface area contributed by atoms with Crippen LogP contribution in [-0.4, -0.2) is 15.0 Å². The number of hydrogen-bond donors (Lipinski definition) is 0. The minimum absolute atomic E-state index is 0.444. The van der Waals surface area contributed by atoms with E-state index in [1.54, 1.807) is 11.3 Å². The Morgan fingerprint density at radius 3 is 2.94 bits per heavy atom. The van der Waals surface area contributed by atoms with Crippen molar-refractivity contribution in [2.24, 2.45) is 5.92 Å². The van der Waals surface area contributed by atoms with Crippen molar-refractivity contribution in [1.29, 1.82) is 5.26 Å². The lowest BCUT2D eigenvalue weighted by Gasteiger charge is -2.07. The Morgan fingerprint density at radius 1 is 1.53 bits per heavy atom. The predicted octanol–water partition coefficient (Wildman–Crippen LogP) is 2.46. The monoisotopic (exact) mass is 246 g/mol. The summed E-state index contributed by atoms with van der Waals surface area (Å²) in [5.41, 5.74) is 1.36. The third-order valence-corrected chi connectivity index (χ3v) is 3.28. The average Bonchev–Trinajstić information content (AvgIpc) is 2.90. The molecule has 0 saturated heterocycles. The highest BCUT2D eigenvalue weighted by atomic mass is 32.1. The van der Waals surface area contributed by atoms with Crippen LogP contribution in [0.1, 0.15) is 30.1 Å². The van der Waals surface area contributed by atoms with Crippen molar-refractivity contribution in [2.75, 3.05) is 0 Å². The molecule has 2 aromatic heterocycles. The summed E-state index contributed by atoms with van der Waals surface area (Å²) < 4.78 is 1.85. The zero-order valence-electron chi connectivity index (χ0n) is 9.92. The smallest absolute Gasteiger partial charge is 0.186 e. The van der Waals surface area contributed by atoms with Gasteiger partial charge in [0, 0.05) is 17.8 Å². The van der Waals surface area contributed by atoms with Gasteiger partial charge in [0.05, 0.1) is 5.69 Å².